The zero-order chi connectivity index (χ0) is 7.54. The third-order valence-electron chi connectivity index (χ3n) is 0.496. The van der Waals surface area contributed by atoms with Crippen molar-refractivity contribution in [2.45, 2.75) is 26.9 Å². The Hall–Kier alpha value is 0.411. The zero-order valence-electron chi connectivity index (χ0n) is 7.52. The van der Waals surface area contributed by atoms with Crippen LogP contribution in [0.4, 0.5) is 0 Å². The first-order chi connectivity index (χ1) is 4.33. The largest absolute Gasteiger partial charge is 0.0877 e. The van der Waals surface area contributed by atoms with E-state index in [9.17, 15) is 0 Å². The molecule has 0 aromatic rings. The van der Waals surface area contributed by atoms with Gasteiger partial charge >= 0.3 is 0 Å². The van der Waals surface area contributed by atoms with Crippen molar-refractivity contribution >= 4 is 9.52 Å². The van der Waals surface area contributed by atoms with E-state index in [1.165, 1.54) is 0 Å². The second-order valence-corrected chi connectivity index (χ2v) is 3.17. The predicted molar refractivity (Wildman–Crippen MR) is 49.9 cm³/mol. The molecule has 2 heteroatoms. The van der Waals surface area contributed by atoms with Gasteiger partial charge in [0.15, 0.2) is 0 Å². The Kier molecular flexibility index (Phi) is 38.2. The minimum Gasteiger partial charge on any atom is -0.0877 e. The molecule has 0 radical (unpaired) electrons. The third kappa shape index (κ3) is 39.7. The molecule has 0 aromatic heterocycles. The molecule has 0 aromatic carbocycles. The Balaban J connectivity index is -0.000000107. The SMILES string of the molecule is CC=CC=CC.C[SiH2]C.[Ti]. The smallest absolute Gasteiger partial charge is 0.0135 e. The van der Waals surface area contributed by atoms with Gasteiger partial charge in [0, 0.05) is 31.2 Å². The van der Waals surface area contributed by atoms with Gasteiger partial charge in [-0.05, 0) is 13.8 Å². The number of allylic oxidation sites excluding steroid dienone is 4. The van der Waals surface area contributed by atoms with Gasteiger partial charge in [0.25, 0.3) is 0 Å². The van der Waals surface area contributed by atoms with E-state index in [0.29, 0.717) is 9.52 Å². The maximum atomic E-state index is 2.26. The molecule has 0 aliphatic rings. The predicted octanol–water partition coefficient (Wildman–Crippen LogP) is 2.39. The van der Waals surface area contributed by atoms with E-state index in [-0.39, 0.29) is 21.7 Å². The molecule has 0 bridgehead atoms. The van der Waals surface area contributed by atoms with E-state index >= 15 is 0 Å². The third-order valence-corrected chi connectivity index (χ3v) is 0.496. The molecule has 0 atom stereocenters. The Morgan fingerprint density at radius 1 is 0.900 bits per heavy atom. The van der Waals surface area contributed by atoms with Crippen molar-refractivity contribution < 1.29 is 21.7 Å². The van der Waals surface area contributed by atoms with Crippen LogP contribution >= 0.6 is 0 Å². The summed E-state index contributed by atoms with van der Waals surface area (Å²) in [5.41, 5.74) is 0. The molecule has 0 aliphatic carbocycles. The number of hydrogen-bond acceptors (Lipinski definition) is 0. The second-order valence-electron chi connectivity index (χ2n) is 1.76. The van der Waals surface area contributed by atoms with Gasteiger partial charge in [-0.25, -0.2) is 0 Å². The Labute approximate surface area is 82.5 Å². The Morgan fingerprint density at radius 2 is 1.10 bits per heavy atom. The molecule has 0 unspecified atom stereocenters. The van der Waals surface area contributed by atoms with Crippen LogP contribution < -0.4 is 0 Å². The van der Waals surface area contributed by atoms with Crippen molar-refractivity contribution in [1.82, 2.24) is 0 Å². The van der Waals surface area contributed by atoms with E-state index in [2.05, 4.69) is 13.1 Å². The van der Waals surface area contributed by atoms with Crippen molar-refractivity contribution in [2.75, 3.05) is 0 Å². The molecular weight excluding hydrogens is 172 g/mol. The standard InChI is InChI=1S/C6H10.C2H8Si.Ti/c1-3-5-6-4-2;1-3-2;/h3-6H,1-2H3;3H2,1-2H3;. The summed E-state index contributed by atoms with van der Waals surface area (Å²) in [4.78, 5) is 0. The summed E-state index contributed by atoms with van der Waals surface area (Å²) in [6, 6.07) is 0. The maximum absolute atomic E-state index is 2.26. The Bertz CT molecular complexity index is 67.3. The average Bonchev–Trinajstić information content (AvgIpc) is 1.86. The van der Waals surface area contributed by atoms with Gasteiger partial charge in [-0.3, -0.25) is 0 Å². The van der Waals surface area contributed by atoms with Gasteiger partial charge in [-0.2, -0.15) is 0 Å². The van der Waals surface area contributed by atoms with E-state index in [0.717, 1.165) is 0 Å². The second kappa shape index (κ2) is 22.7. The minimum absolute atomic E-state index is 0. The maximum Gasteiger partial charge on any atom is 0.0135 e. The van der Waals surface area contributed by atoms with Crippen LogP contribution in [0.1, 0.15) is 13.8 Å². The fraction of sp³-hybridized carbons (Fsp3) is 0.500. The van der Waals surface area contributed by atoms with Crippen molar-refractivity contribution in [2.24, 2.45) is 0 Å². The fourth-order valence-corrected chi connectivity index (χ4v) is 0.222. The molecule has 10 heavy (non-hydrogen) atoms. The molecule has 0 heterocycles. The summed E-state index contributed by atoms with van der Waals surface area (Å²) in [6.07, 6.45) is 8.00. The average molecular weight is 190 g/mol. The quantitative estimate of drug-likeness (QED) is 0.440. The molecule has 0 spiro atoms. The van der Waals surface area contributed by atoms with Crippen LogP contribution in [-0.4, -0.2) is 9.52 Å². The molecule has 0 nitrogen and oxygen atoms in total. The molecule has 0 rings (SSSR count). The topological polar surface area (TPSA) is 0 Å². The Morgan fingerprint density at radius 3 is 1.20 bits per heavy atom. The van der Waals surface area contributed by atoms with Crippen LogP contribution in [-0.2, 0) is 21.7 Å². The van der Waals surface area contributed by atoms with Crippen LogP contribution in [0.5, 0.6) is 0 Å². The summed E-state index contributed by atoms with van der Waals surface area (Å²) in [5.74, 6) is 0. The molecule has 0 saturated heterocycles. The van der Waals surface area contributed by atoms with Gasteiger partial charge in [0.1, 0.15) is 0 Å². The van der Waals surface area contributed by atoms with Crippen molar-refractivity contribution in [3.05, 3.63) is 24.3 Å². The van der Waals surface area contributed by atoms with E-state index < -0.39 is 0 Å². The van der Waals surface area contributed by atoms with Gasteiger partial charge in [-0.1, -0.05) is 37.4 Å². The number of rotatable bonds is 1. The summed E-state index contributed by atoms with van der Waals surface area (Å²) >= 11 is 0. The summed E-state index contributed by atoms with van der Waals surface area (Å²) in [7, 11) is 0.417. The molecule has 0 N–H and O–H groups in total. The van der Waals surface area contributed by atoms with Crippen LogP contribution in [0.2, 0.25) is 13.1 Å². The summed E-state index contributed by atoms with van der Waals surface area (Å²) < 4.78 is 0. The van der Waals surface area contributed by atoms with Crippen molar-refractivity contribution in [1.29, 1.82) is 0 Å². The van der Waals surface area contributed by atoms with E-state index in [4.69, 9.17) is 0 Å². The number of hydrogen-bond donors (Lipinski definition) is 0. The molecule has 0 amide bonds. The zero-order valence-corrected chi connectivity index (χ0v) is 10.5. The summed E-state index contributed by atoms with van der Waals surface area (Å²) in [6.45, 7) is 8.53. The van der Waals surface area contributed by atoms with Crippen molar-refractivity contribution in [3.8, 4) is 0 Å². The molecular formula is C8H18SiTi. The molecule has 0 saturated carbocycles. The first-order valence-electron chi connectivity index (χ1n) is 3.57. The van der Waals surface area contributed by atoms with Gasteiger partial charge in [-0.15, -0.1) is 0 Å². The van der Waals surface area contributed by atoms with Gasteiger partial charge in [0.2, 0.25) is 0 Å². The normalized spacial score (nSPS) is 8.80. The van der Waals surface area contributed by atoms with E-state index in [1.807, 2.05) is 38.2 Å². The minimum atomic E-state index is 0. The van der Waals surface area contributed by atoms with Gasteiger partial charge in [0.05, 0.1) is 0 Å². The van der Waals surface area contributed by atoms with Gasteiger partial charge < -0.3 is 0 Å². The van der Waals surface area contributed by atoms with Crippen molar-refractivity contribution in [3.63, 3.8) is 0 Å². The first-order valence-corrected chi connectivity index (χ1v) is 6.40. The molecule has 0 fully saturated rings. The van der Waals surface area contributed by atoms with Crippen LogP contribution in [0, 0.1) is 0 Å². The van der Waals surface area contributed by atoms with E-state index in [1.54, 1.807) is 0 Å². The van der Waals surface area contributed by atoms with Crippen LogP contribution in [0.25, 0.3) is 0 Å². The fourth-order valence-electron chi connectivity index (χ4n) is 0.222. The molecule has 58 valence electrons. The monoisotopic (exact) mass is 190 g/mol. The molecule has 0 aliphatic heterocycles. The first kappa shape index (κ1) is 16.8. The summed E-state index contributed by atoms with van der Waals surface area (Å²) in [5, 5.41) is 0. The van der Waals surface area contributed by atoms with Crippen LogP contribution in [0.3, 0.4) is 0 Å². The van der Waals surface area contributed by atoms with Crippen LogP contribution in [0.15, 0.2) is 24.3 Å².